The Morgan fingerprint density at radius 1 is 1.40 bits per heavy atom. The maximum Gasteiger partial charge on any atom is 0.433 e. The fraction of sp³-hybridized carbons (Fsp3) is 0.250. The summed E-state index contributed by atoms with van der Waals surface area (Å²) < 4.78 is 43.4. The van der Waals surface area contributed by atoms with Crippen molar-refractivity contribution in [3.05, 3.63) is 47.8 Å². The van der Waals surface area contributed by atoms with Gasteiger partial charge in [-0.25, -0.2) is 19.3 Å². The molecule has 0 N–H and O–H groups in total. The predicted octanol–water partition coefficient (Wildman–Crippen LogP) is 2.79. The van der Waals surface area contributed by atoms with Gasteiger partial charge in [-0.15, -0.1) is 0 Å². The first kappa shape index (κ1) is 14.0. The van der Waals surface area contributed by atoms with Crippen LogP contribution in [0.1, 0.15) is 17.0 Å². The number of alkyl halides is 3. The van der Waals surface area contributed by atoms with Gasteiger partial charge in [-0.3, -0.25) is 0 Å². The Bertz CT molecular complexity index is 609. The highest BCUT2D eigenvalue weighted by molar-refractivity contribution is 5.69. The highest BCUT2D eigenvalue weighted by Crippen LogP contribution is 2.28. The largest absolute Gasteiger partial charge is 0.444 e. The van der Waals surface area contributed by atoms with E-state index in [1.165, 1.54) is 31.7 Å². The molecule has 8 heteroatoms. The fourth-order valence-electron chi connectivity index (χ4n) is 1.48. The molecule has 106 valence electrons. The second-order valence-corrected chi connectivity index (χ2v) is 3.96. The van der Waals surface area contributed by atoms with Crippen molar-refractivity contribution < 1.29 is 22.7 Å². The van der Waals surface area contributed by atoms with E-state index in [1.54, 1.807) is 0 Å². The van der Waals surface area contributed by atoms with Crippen LogP contribution in [0.15, 0.2) is 30.9 Å². The van der Waals surface area contributed by atoms with E-state index in [4.69, 9.17) is 4.74 Å². The van der Waals surface area contributed by atoms with Crippen LogP contribution in [0.5, 0.6) is 0 Å². The molecule has 0 amide bonds. The van der Waals surface area contributed by atoms with Crippen molar-refractivity contribution in [1.29, 1.82) is 0 Å². The summed E-state index contributed by atoms with van der Waals surface area (Å²) in [6, 6.07) is 2.10. The maximum absolute atomic E-state index is 12.4. The van der Waals surface area contributed by atoms with E-state index in [-0.39, 0.29) is 12.3 Å². The number of hydrogen-bond acceptors (Lipinski definition) is 4. The summed E-state index contributed by atoms with van der Waals surface area (Å²) in [6.07, 6.45) is -1.08. The Morgan fingerprint density at radius 2 is 2.15 bits per heavy atom. The van der Waals surface area contributed by atoms with Crippen LogP contribution in [0, 0.1) is 6.92 Å². The van der Waals surface area contributed by atoms with Crippen LogP contribution in [-0.2, 0) is 17.5 Å². The topological polar surface area (TPSA) is 57.0 Å². The molecule has 0 saturated heterocycles. The van der Waals surface area contributed by atoms with Gasteiger partial charge in [-0.05, 0) is 13.0 Å². The van der Waals surface area contributed by atoms with E-state index in [0.717, 1.165) is 10.6 Å². The highest BCUT2D eigenvalue weighted by Gasteiger charge is 2.32. The van der Waals surface area contributed by atoms with Crippen molar-refractivity contribution in [1.82, 2.24) is 14.5 Å². The number of carbonyl (C=O) groups excluding carboxylic acids is 1. The minimum Gasteiger partial charge on any atom is -0.444 e. The molecule has 0 saturated carbocycles. The Hall–Kier alpha value is -2.38. The fourth-order valence-corrected chi connectivity index (χ4v) is 1.48. The highest BCUT2D eigenvalue weighted by atomic mass is 19.4. The van der Waals surface area contributed by atoms with Crippen molar-refractivity contribution in [2.45, 2.75) is 19.7 Å². The molecule has 0 aliphatic rings. The number of hydrogen-bond donors (Lipinski definition) is 0. The molecule has 0 spiro atoms. The number of aryl methyl sites for hydroxylation is 1. The molecule has 2 rings (SSSR count). The number of nitrogens with zero attached hydrogens (tertiary/aromatic N) is 3. The molecule has 0 fully saturated rings. The summed E-state index contributed by atoms with van der Waals surface area (Å²) in [5, 5.41) is 0. The van der Waals surface area contributed by atoms with Crippen LogP contribution in [0.25, 0.3) is 0 Å². The minimum absolute atomic E-state index is 0.159. The van der Waals surface area contributed by atoms with E-state index in [1.807, 2.05) is 0 Å². The van der Waals surface area contributed by atoms with Gasteiger partial charge >= 0.3 is 12.3 Å². The minimum atomic E-state index is -4.49. The summed E-state index contributed by atoms with van der Waals surface area (Å²) >= 11 is 0. The first-order valence-electron chi connectivity index (χ1n) is 5.57. The second kappa shape index (κ2) is 5.32. The zero-order chi connectivity index (χ0) is 14.8. The molecule has 5 nitrogen and oxygen atoms in total. The predicted molar refractivity (Wildman–Crippen MR) is 61.8 cm³/mol. The van der Waals surface area contributed by atoms with Crippen LogP contribution in [0.3, 0.4) is 0 Å². The zero-order valence-corrected chi connectivity index (χ0v) is 10.4. The van der Waals surface area contributed by atoms with E-state index in [2.05, 4.69) is 9.97 Å². The first-order valence-corrected chi connectivity index (χ1v) is 5.57. The van der Waals surface area contributed by atoms with Gasteiger partial charge in [0, 0.05) is 23.7 Å². The Labute approximate surface area is 112 Å². The van der Waals surface area contributed by atoms with Gasteiger partial charge in [0.1, 0.15) is 18.6 Å². The molecule has 0 unspecified atom stereocenters. The van der Waals surface area contributed by atoms with E-state index in [0.29, 0.717) is 5.56 Å². The van der Waals surface area contributed by atoms with Crippen LogP contribution in [-0.4, -0.2) is 20.6 Å². The molecule has 20 heavy (non-hydrogen) atoms. The molecule has 2 aromatic heterocycles. The number of halogens is 3. The van der Waals surface area contributed by atoms with Gasteiger partial charge in [-0.2, -0.15) is 13.2 Å². The molecular weight excluding hydrogens is 275 g/mol. The van der Waals surface area contributed by atoms with Gasteiger partial charge in [0.15, 0.2) is 0 Å². The summed E-state index contributed by atoms with van der Waals surface area (Å²) in [5.41, 5.74) is -0.399. The molecular formula is C12H10F3N3O2. The lowest BCUT2D eigenvalue weighted by atomic mass is 10.2. The summed E-state index contributed by atoms with van der Waals surface area (Å²) in [4.78, 5) is 18.6. The lowest BCUT2D eigenvalue weighted by Crippen LogP contribution is -2.13. The average molecular weight is 285 g/mol. The van der Waals surface area contributed by atoms with E-state index in [9.17, 15) is 18.0 Å². The lowest BCUT2D eigenvalue weighted by Gasteiger charge is -2.10. The monoisotopic (exact) mass is 285 g/mol. The Kier molecular flexibility index (Phi) is 3.73. The molecule has 0 atom stereocenters. The van der Waals surface area contributed by atoms with Crippen LogP contribution >= 0.6 is 0 Å². The van der Waals surface area contributed by atoms with Gasteiger partial charge in [-0.1, -0.05) is 6.07 Å². The standard InChI is InChI=1S/C12H10F3N3O2/c1-8-9(2-3-10(17-8)12(13,14)15)6-20-11(19)18-5-4-16-7-18/h2-5,7H,6H2,1H3. The summed E-state index contributed by atoms with van der Waals surface area (Å²) in [7, 11) is 0. The number of aromatic nitrogens is 3. The molecule has 0 aliphatic carbocycles. The van der Waals surface area contributed by atoms with Crippen molar-refractivity contribution in [3.8, 4) is 0 Å². The Morgan fingerprint density at radius 3 is 2.70 bits per heavy atom. The molecule has 2 heterocycles. The average Bonchev–Trinajstić information content (AvgIpc) is 2.89. The molecule has 0 aliphatic heterocycles. The summed E-state index contributed by atoms with van der Waals surface area (Å²) in [5.74, 6) is 0. The van der Waals surface area contributed by atoms with Gasteiger partial charge in [0.05, 0.1) is 0 Å². The third-order valence-electron chi connectivity index (χ3n) is 2.55. The summed E-state index contributed by atoms with van der Waals surface area (Å²) in [6.45, 7) is 1.27. The second-order valence-electron chi connectivity index (χ2n) is 3.96. The SMILES string of the molecule is Cc1nc(C(F)(F)F)ccc1COC(=O)n1ccnc1. The number of rotatable bonds is 2. The molecule has 0 radical (unpaired) electrons. The van der Waals surface area contributed by atoms with Crippen molar-refractivity contribution in [3.63, 3.8) is 0 Å². The van der Waals surface area contributed by atoms with E-state index < -0.39 is 18.0 Å². The quantitative estimate of drug-likeness (QED) is 0.851. The first-order chi connectivity index (χ1) is 9.38. The van der Waals surface area contributed by atoms with Crippen LogP contribution in [0.2, 0.25) is 0 Å². The number of ether oxygens (including phenoxy) is 1. The van der Waals surface area contributed by atoms with Crippen molar-refractivity contribution in [2.75, 3.05) is 0 Å². The lowest BCUT2D eigenvalue weighted by molar-refractivity contribution is -0.141. The molecule has 0 bridgehead atoms. The third-order valence-corrected chi connectivity index (χ3v) is 2.55. The number of imidazole rings is 1. The normalized spacial score (nSPS) is 11.4. The number of carbonyl (C=O) groups is 1. The Balaban J connectivity index is 2.06. The maximum atomic E-state index is 12.4. The van der Waals surface area contributed by atoms with Gasteiger partial charge in [0.25, 0.3) is 0 Å². The van der Waals surface area contributed by atoms with Crippen molar-refractivity contribution in [2.24, 2.45) is 0 Å². The third kappa shape index (κ3) is 3.14. The van der Waals surface area contributed by atoms with Crippen molar-refractivity contribution >= 4 is 6.09 Å². The van der Waals surface area contributed by atoms with Gasteiger partial charge < -0.3 is 4.74 Å². The smallest absolute Gasteiger partial charge is 0.433 e. The van der Waals surface area contributed by atoms with E-state index >= 15 is 0 Å². The zero-order valence-electron chi connectivity index (χ0n) is 10.4. The van der Waals surface area contributed by atoms with Gasteiger partial charge in [0.2, 0.25) is 0 Å². The van der Waals surface area contributed by atoms with Crippen LogP contribution < -0.4 is 0 Å². The molecule has 0 aromatic carbocycles. The molecule has 2 aromatic rings. The number of pyridine rings is 1. The van der Waals surface area contributed by atoms with Crippen LogP contribution in [0.4, 0.5) is 18.0 Å².